The zero-order chi connectivity index (χ0) is 14.4. The molecule has 0 radical (unpaired) electrons. The van der Waals surface area contributed by atoms with Crippen molar-refractivity contribution in [2.45, 2.75) is 13.1 Å². The maximum atomic E-state index is 9.60. The Morgan fingerprint density at radius 3 is 1.55 bits per heavy atom. The van der Waals surface area contributed by atoms with E-state index in [1.807, 2.05) is 19.1 Å². The number of rotatable bonds is 6. The molecular formula is C14H18N4O2. The molecule has 6 heteroatoms. The van der Waals surface area contributed by atoms with E-state index in [2.05, 4.69) is 21.7 Å². The number of phenols is 2. The monoisotopic (exact) mass is 274 g/mol. The molecular weight excluding hydrogens is 256 g/mol. The van der Waals surface area contributed by atoms with Crippen molar-refractivity contribution in [3.63, 3.8) is 0 Å². The maximum Gasteiger partial charge on any atom is 0.139 e. The molecule has 106 valence electrons. The molecule has 0 atom stereocenters. The third-order valence-corrected chi connectivity index (χ3v) is 2.65. The van der Waals surface area contributed by atoms with Crippen LogP contribution in [0.25, 0.3) is 0 Å². The lowest BCUT2D eigenvalue weighted by molar-refractivity contribution is 0.469. The van der Waals surface area contributed by atoms with Crippen molar-refractivity contribution in [2.24, 2.45) is 0 Å². The van der Waals surface area contributed by atoms with Crippen LogP contribution < -0.4 is 21.7 Å². The van der Waals surface area contributed by atoms with Gasteiger partial charge >= 0.3 is 0 Å². The molecule has 2 aromatic carbocycles. The molecule has 6 N–H and O–H groups in total. The molecule has 0 saturated carbocycles. The van der Waals surface area contributed by atoms with Crippen molar-refractivity contribution in [2.75, 3.05) is 10.9 Å². The van der Waals surface area contributed by atoms with Gasteiger partial charge in [-0.1, -0.05) is 24.3 Å². The Balaban J connectivity index is 1.80. The van der Waals surface area contributed by atoms with Crippen LogP contribution in [0, 0.1) is 0 Å². The summed E-state index contributed by atoms with van der Waals surface area (Å²) in [4.78, 5) is 0. The van der Waals surface area contributed by atoms with E-state index < -0.39 is 0 Å². The molecule has 0 aliphatic rings. The third-order valence-electron chi connectivity index (χ3n) is 2.65. The van der Waals surface area contributed by atoms with E-state index >= 15 is 0 Å². The molecule has 0 amide bonds. The second kappa shape index (κ2) is 6.65. The first kappa shape index (κ1) is 14.0. The predicted molar refractivity (Wildman–Crippen MR) is 79.2 cm³/mol. The molecule has 6 nitrogen and oxygen atoms in total. The molecule has 2 aromatic rings. The van der Waals surface area contributed by atoms with Gasteiger partial charge in [-0.3, -0.25) is 0 Å². The van der Waals surface area contributed by atoms with Gasteiger partial charge in [-0.05, 0) is 31.2 Å². The molecule has 2 rings (SSSR count). The van der Waals surface area contributed by atoms with Gasteiger partial charge in [-0.25, -0.2) is 10.9 Å². The summed E-state index contributed by atoms with van der Waals surface area (Å²) < 4.78 is 0. The summed E-state index contributed by atoms with van der Waals surface area (Å²) >= 11 is 0. The molecule has 0 saturated heterocycles. The van der Waals surface area contributed by atoms with Gasteiger partial charge in [0.15, 0.2) is 0 Å². The fraction of sp³-hybridized carbons (Fsp3) is 0.143. The number of nitrogens with one attached hydrogen (secondary N) is 4. The smallest absolute Gasteiger partial charge is 0.139 e. The highest BCUT2D eigenvalue weighted by atomic mass is 16.3. The topological polar surface area (TPSA) is 88.6 Å². The minimum Gasteiger partial charge on any atom is -0.506 e. The Morgan fingerprint density at radius 2 is 1.15 bits per heavy atom. The largest absolute Gasteiger partial charge is 0.506 e. The minimum atomic E-state index is -0.158. The lowest BCUT2D eigenvalue weighted by Crippen LogP contribution is -2.45. The van der Waals surface area contributed by atoms with E-state index in [-0.39, 0.29) is 17.7 Å². The van der Waals surface area contributed by atoms with Crippen molar-refractivity contribution in [3.8, 4) is 11.5 Å². The van der Waals surface area contributed by atoms with E-state index in [1.165, 1.54) is 0 Å². The summed E-state index contributed by atoms with van der Waals surface area (Å²) in [5.74, 6) is 0.335. The molecule has 0 fully saturated rings. The zero-order valence-corrected chi connectivity index (χ0v) is 11.1. The molecule has 0 unspecified atom stereocenters. The lowest BCUT2D eigenvalue weighted by Gasteiger charge is -2.19. The number of anilines is 2. The van der Waals surface area contributed by atoms with Crippen molar-refractivity contribution in [1.29, 1.82) is 0 Å². The molecule has 0 bridgehead atoms. The van der Waals surface area contributed by atoms with Crippen LogP contribution in [-0.4, -0.2) is 16.4 Å². The highest BCUT2D eigenvalue weighted by Crippen LogP contribution is 2.21. The SMILES string of the molecule is CC(NNc1ccccc1O)NNc1ccccc1O. The van der Waals surface area contributed by atoms with E-state index in [9.17, 15) is 10.2 Å². The van der Waals surface area contributed by atoms with Crippen LogP contribution in [0.1, 0.15) is 6.92 Å². The Labute approximate surface area is 117 Å². The van der Waals surface area contributed by atoms with Crippen molar-refractivity contribution < 1.29 is 10.2 Å². The second-order valence-electron chi connectivity index (χ2n) is 4.29. The van der Waals surface area contributed by atoms with Gasteiger partial charge < -0.3 is 21.1 Å². The fourth-order valence-corrected chi connectivity index (χ4v) is 1.57. The van der Waals surface area contributed by atoms with Crippen molar-refractivity contribution >= 4 is 11.4 Å². The second-order valence-corrected chi connectivity index (χ2v) is 4.29. The number of para-hydroxylation sites is 4. The van der Waals surface area contributed by atoms with Gasteiger partial charge in [0.25, 0.3) is 0 Å². The Kier molecular flexibility index (Phi) is 4.65. The van der Waals surface area contributed by atoms with Gasteiger partial charge in [-0.15, -0.1) is 0 Å². The Bertz CT molecular complexity index is 513. The average molecular weight is 274 g/mol. The van der Waals surface area contributed by atoms with Crippen LogP contribution in [0.3, 0.4) is 0 Å². The van der Waals surface area contributed by atoms with E-state index in [0.717, 1.165) is 0 Å². The average Bonchev–Trinajstić information content (AvgIpc) is 2.45. The number of hydrogen-bond acceptors (Lipinski definition) is 6. The van der Waals surface area contributed by atoms with Crippen LogP contribution in [0.4, 0.5) is 11.4 Å². The highest BCUT2D eigenvalue weighted by molar-refractivity contribution is 5.55. The summed E-state index contributed by atoms with van der Waals surface area (Å²) in [7, 11) is 0. The summed E-state index contributed by atoms with van der Waals surface area (Å²) in [6.45, 7) is 1.87. The van der Waals surface area contributed by atoms with Crippen molar-refractivity contribution in [3.05, 3.63) is 48.5 Å². The van der Waals surface area contributed by atoms with Gasteiger partial charge in [-0.2, -0.15) is 0 Å². The molecule has 0 aliphatic heterocycles. The number of phenolic OH excluding ortho intramolecular Hbond substituents is 2. The van der Waals surface area contributed by atoms with Gasteiger partial charge in [0.1, 0.15) is 11.5 Å². The van der Waals surface area contributed by atoms with Crippen LogP contribution in [0.15, 0.2) is 48.5 Å². The van der Waals surface area contributed by atoms with Crippen LogP contribution >= 0.6 is 0 Å². The summed E-state index contributed by atoms with van der Waals surface area (Å²) in [6, 6.07) is 13.9. The third kappa shape index (κ3) is 3.78. The molecule has 0 aromatic heterocycles. The molecule has 20 heavy (non-hydrogen) atoms. The highest BCUT2D eigenvalue weighted by Gasteiger charge is 2.03. The standard InChI is InChI=1S/C14H18N4O2/c1-10(15-17-11-6-2-4-8-13(11)19)16-18-12-7-3-5-9-14(12)20/h2-10,15-20H,1H3. The Hall–Kier alpha value is -2.44. The number of aromatic hydroxyl groups is 2. The summed E-state index contributed by atoms with van der Waals surface area (Å²) in [5.41, 5.74) is 12.9. The number of hydrogen-bond donors (Lipinski definition) is 6. The lowest BCUT2D eigenvalue weighted by atomic mass is 10.3. The first-order valence-electron chi connectivity index (χ1n) is 6.26. The first-order valence-corrected chi connectivity index (χ1v) is 6.26. The predicted octanol–water partition coefficient (Wildman–Crippen LogP) is 1.98. The number of hydrazine groups is 2. The van der Waals surface area contributed by atoms with Crippen molar-refractivity contribution in [1.82, 2.24) is 10.9 Å². The van der Waals surface area contributed by atoms with E-state index in [1.54, 1.807) is 36.4 Å². The van der Waals surface area contributed by atoms with Crippen LogP contribution in [0.2, 0.25) is 0 Å². The zero-order valence-electron chi connectivity index (χ0n) is 11.1. The van der Waals surface area contributed by atoms with E-state index in [0.29, 0.717) is 11.4 Å². The fourth-order valence-electron chi connectivity index (χ4n) is 1.57. The first-order chi connectivity index (χ1) is 9.66. The van der Waals surface area contributed by atoms with Crippen LogP contribution in [0.5, 0.6) is 11.5 Å². The number of benzene rings is 2. The Morgan fingerprint density at radius 1 is 0.750 bits per heavy atom. The van der Waals surface area contributed by atoms with E-state index in [4.69, 9.17) is 0 Å². The van der Waals surface area contributed by atoms with Gasteiger partial charge in [0.05, 0.1) is 17.5 Å². The molecule has 0 spiro atoms. The summed E-state index contributed by atoms with van der Waals surface area (Å²) in [5, 5.41) is 19.2. The maximum absolute atomic E-state index is 9.60. The van der Waals surface area contributed by atoms with Gasteiger partial charge in [0.2, 0.25) is 0 Å². The molecule has 0 aliphatic carbocycles. The van der Waals surface area contributed by atoms with Crippen LogP contribution in [-0.2, 0) is 0 Å². The quantitative estimate of drug-likeness (QED) is 0.274. The summed E-state index contributed by atoms with van der Waals surface area (Å²) in [6.07, 6.45) is -0.158. The minimum absolute atomic E-state index is 0.158. The normalized spacial score (nSPS) is 10.5. The molecule has 0 heterocycles. The van der Waals surface area contributed by atoms with Gasteiger partial charge in [0, 0.05) is 0 Å².